The number of amides is 1. The van der Waals surface area contributed by atoms with Crippen LogP contribution in [0.15, 0.2) is 46.6 Å². The van der Waals surface area contributed by atoms with Gasteiger partial charge in [0.05, 0.1) is 5.52 Å². The van der Waals surface area contributed by atoms with Crippen LogP contribution in [0, 0.1) is 5.82 Å². The molecule has 0 aliphatic carbocycles. The fourth-order valence-corrected chi connectivity index (χ4v) is 2.42. The zero-order valence-corrected chi connectivity index (χ0v) is 12.1. The summed E-state index contributed by atoms with van der Waals surface area (Å²) in [5.41, 5.74) is 0.699. The molecule has 0 saturated heterocycles. The van der Waals surface area contributed by atoms with Gasteiger partial charge in [0.2, 0.25) is 12.7 Å². The number of hydrogen-bond acceptors (Lipinski definition) is 5. The van der Waals surface area contributed by atoms with E-state index in [1.54, 1.807) is 12.1 Å². The van der Waals surface area contributed by atoms with E-state index in [4.69, 9.17) is 9.47 Å². The summed E-state index contributed by atoms with van der Waals surface area (Å²) in [4.78, 5) is 14.7. The minimum Gasteiger partial charge on any atom is -0.493 e. The Morgan fingerprint density at radius 2 is 2.00 bits per heavy atom. The summed E-state index contributed by atoms with van der Waals surface area (Å²) in [6, 6.07) is 8.55. The van der Waals surface area contributed by atoms with E-state index in [0.29, 0.717) is 22.4 Å². The van der Waals surface area contributed by atoms with E-state index < -0.39 is 11.7 Å². The second kappa shape index (κ2) is 5.34. The summed E-state index contributed by atoms with van der Waals surface area (Å²) in [6.07, 6.45) is 0. The predicted molar refractivity (Wildman–Crippen MR) is 81.3 cm³/mol. The third-order valence-corrected chi connectivity index (χ3v) is 3.57. The van der Waals surface area contributed by atoms with Crippen molar-refractivity contribution in [1.29, 1.82) is 0 Å². The lowest BCUT2D eigenvalue weighted by Gasteiger charge is -1.98. The molecule has 0 unspecified atom stereocenters. The second-order valence-corrected chi connectivity index (χ2v) is 5.09. The van der Waals surface area contributed by atoms with Crippen molar-refractivity contribution in [2.75, 3.05) is 6.79 Å². The molecule has 1 aliphatic rings. The Labute approximate surface area is 134 Å². The van der Waals surface area contributed by atoms with Gasteiger partial charge >= 0.3 is 0 Å². The first kappa shape index (κ1) is 14.2. The molecule has 7 nitrogen and oxygen atoms in total. The Hall–Kier alpha value is -3.42. The zero-order chi connectivity index (χ0) is 16.7. The Morgan fingerprint density at radius 3 is 2.88 bits per heavy atom. The smallest absolute Gasteiger partial charge is 0.295 e. The number of fused-ring (bicyclic) bond motifs is 2. The fraction of sp³-hybridized carbons (Fsp3) is 0.0625. The normalized spacial score (nSPS) is 13.0. The fourth-order valence-electron chi connectivity index (χ4n) is 2.42. The number of ether oxygens (including phenoxy) is 2. The van der Waals surface area contributed by atoms with Crippen molar-refractivity contribution in [3.05, 3.63) is 47.8 Å². The summed E-state index contributed by atoms with van der Waals surface area (Å²) >= 11 is 0. The van der Waals surface area contributed by atoms with Gasteiger partial charge < -0.3 is 19.6 Å². The molecule has 8 heteroatoms. The van der Waals surface area contributed by atoms with Crippen molar-refractivity contribution in [1.82, 2.24) is 4.98 Å². The van der Waals surface area contributed by atoms with Gasteiger partial charge in [-0.3, -0.25) is 4.79 Å². The highest BCUT2D eigenvalue weighted by molar-refractivity contribution is 5.97. The van der Waals surface area contributed by atoms with Crippen LogP contribution in [-0.2, 0) is 0 Å². The molecule has 3 aromatic rings. The lowest BCUT2D eigenvalue weighted by molar-refractivity contribution is 0.0994. The lowest BCUT2D eigenvalue weighted by Crippen LogP contribution is -1.94. The predicted octanol–water partition coefficient (Wildman–Crippen LogP) is 3.67. The summed E-state index contributed by atoms with van der Waals surface area (Å²) in [5, 5.41) is 17.7. The Kier molecular flexibility index (Phi) is 3.16. The number of nitrogens with one attached hydrogen (secondary N) is 1. The van der Waals surface area contributed by atoms with Crippen LogP contribution in [-0.4, -0.2) is 22.8 Å². The quantitative estimate of drug-likeness (QED) is 0.702. The van der Waals surface area contributed by atoms with Gasteiger partial charge in [-0.2, -0.15) is 0 Å². The molecule has 1 amide bonds. The van der Waals surface area contributed by atoms with Crippen LogP contribution < -0.4 is 9.47 Å². The van der Waals surface area contributed by atoms with Gasteiger partial charge in [-0.15, -0.1) is 10.2 Å². The van der Waals surface area contributed by atoms with Crippen molar-refractivity contribution in [2.24, 2.45) is 10.2 Å². The number of benzene rings is 2. The van der Waals surface area contributed by atoms with Crippen LogP contribution in [0.2, 0.25) is 0 Å². The first-order chi connectivity index (χ1) is 11.6. The van der Waals surface area contributed by atoms with Gasteiger partial charge in [0.25, 0.3) is 5.91 Å². The highest BCUT2D eigenvalue weighted by Crippen LogP contribution is 2.36. The molecule has 1 aromatic heterocycles. The van der Waals surface area contributed by atoms with Crippen LogP contribution in [0.5, 0.6) is 17.4 Å². The molecule has 2 N–H and O–H groups in total. The van der Waals surface area contributed by atoms with Gasteiger partial charge in [-0.1, -0.05) is 0 Å². The van der Waals surface area contributed by atoms with E-state index in [9.17, 15) is 14.3 Å². The summed E-state index contributed by atoms with van der Waals surface area (Å²) < 4.78 is 23.6. The summed E-state index contributed by atoms with van der Waals surface area (Å²) in [7, 11) is 0. The molecule has 2 aromatic carbocycles. The first-order valence-corrected chi connectivity index (χ1v) is 6.98. The minimum atomic E-state index is -0.607. The molecule has 0 atom stereocenters. The largest absolute Gasteiger partial charge is 0.493 e. The molecule has 4 rings (SSSR count). The maximum atomic E-state index is 13.2. The molecule has 0 spiro atoms. The van der Waals surface area contributed by atoms with Crippen molar-refractivity contribution in [2.45, 2.75) is 0 Å². The second-order valence-electron chi connectivity index (χ2n) is 5.09. The third kappa shape index (κ3) is 2.34. The monoisotopic (exact) mass is 327 g/mol. The number of hydrogen-bond donors (Lipinski definition) is 2. The minimum absolute atomic E-state index is 0.0686. The third-order valence-electron chi connectivity index (χ3n) is 3.57. The molecule has 120 valence electrons. The molecule has 0 radical (unpaired) electrons. The maximum absolute atomic E-state index is 13.2. The molecule has 24 heavy (non-hydrogen) atoms. The van der Waals surface area contributed by atoms with Gasteiger partial charge in [0.1, 0.15) is 5.82 Å². The molecule has 1 aliphatic heterocycles. The van der Waals surface area contributed by atoms with E-state index in [0.717, 1.165) is 0 Å². The number of aromatic hydroxyl groups is 1. The lowest BCUT2D eigenvalue weighted by atomic mass is 10.2. The standard InChI is InChI=1S/C16H10FN3O4/c17-9-2-3-10-11(6-9)18-16(22)14(10)19-20-15(21)8-1-4-12-13(5-8)24-7-23-12/h1-6,18,22H,7H2. The Balaban J connectivity index is 1.65. The number of H-pyrrole nitrogens is 1. The Bertz CT molecular complexity index is 996. The highest BCUT2D eigenvalue weighted by Gasteiger charge is 2.17. The summed E-state index contributed by atoms with van der Waals surface area (Å²) in [5.74, 6) is -0.341. The van der Waals surface area contributed by atoms with Gasteiger partial charge in [-0.25, -0.2) is 4.39 Å². The first-order valence-electron chi connectivity index (χ1n) is 6.98. The number of aromatic nitrogens is 1. The average Bonchev–Trinajstić information content (AvgIpc) is 3.15. The SMILES string of the molecule is O=C(N=Nc1c(O)[nH]c2cc(F)ccc12)c1ccc2c(c1)OCO2. The van der Waals surface area contributed by atoms with Crippen LogP contribution in [0.25, 0.3) is 10.9 Å². The number of halogens is 1. The molecule has 0 bridgehead atoms. The van der Waals surface area contributed by atoms with Gasteiger partial charge in [-0.05, 0) is 36.4 Å². The topological polar surface area (TPSA) is 96.3 Å². The zero-order valence-electron chi connectivity index (χ0n) is 12.1. The van der Waals surface area contributed by atoms with Crippen LogP contribution >= 0.6 is 0 Å². The number of rotatable bonds is 2. The van der Waals surface area contributed by atoms with E-state index in [2.05, 4.69) is 15.2 Å². The Morgan fingerprint density at radius 1 is 1.17 bits per heavy atom. The number of aromatic amines is 1. The average molecular weight is 327 g/mol. The number of carbonyl (C=O) groups excluding carboxylic acids is 1. The molecular weight excluding hydrogens is 317 g/mol. The molecule has 2 heterocycles. The van der Waals surface area contributed by atoms with Crippen molar-refractivity contribution < 1.29 is 23.8 Å². The highest BCUT2D eigenvalue weighted by atomic mass is 19.1. The van der Waals surface area contributed by atoms with Crippen molar-refractivity contribution >= 4 is 22.5 Å². The van der Waals surface area contributed by atoms with E-state index in [1.807, 2.05) is 0 Å². The van der Waals surface area contributed by atoms with E-state index in [1.165, 1.54) is 24.3 Å². The summed E-state index contributed by atoms with van der Waals surface area (Å²) in [6.45, 7) is 0.105. The molecule has 0 saturated carbocycles. The van der Waals surface area contributed by atoms with E-state index in [-0.39, 0.29) is 23.9 Å². The van der Waals surface area contributed by atoms with Gasteiger partial charge in [0.15, 0.2) is 17.2 Å². The maximum Gasteiger partial charge on any atom is 0.295 e. The van der Waals surface area contributed by atoms with Crippen molar-refractivity contribution in [3.63, 3.8) is 0 Å². The number of carbonyl (C=O) groups is 1. The van der Waals surface area contributed by atoms with Crippen LogP contribution in [0.4, 0.5) is 10.1 Å². The van der Waals surface area contributed by atoms with Crippen LogP contribution in [0.1, 0.15) is 10.4 Å². The molecular formula is C16H10FN3O4. The number of azo groups is 1. The van der Waals surface area contributed by atoms with Gasteiger partial charge in [0, 0.05) is 10.9 Å². The van der Waals surface area contributed by atoms with E-state index >= 15 is 0 Å². The van der Waals surface area contributed by atoms with Crippen LogP contribution in [0.3, 0.4) is 0 Å². The van der Waals surface area contributed by atoms with Crippen molar-refractivity contribution in [3.8, 4) is 17.4 Å². The molecule has 0 fully saturated rings. The number of nitrogens with zero attached hydrogens (tertiary/aromatic N) is 2.